The summed E-state index contributed by atoms with van der Waals surface area (Å²) in [4.78, 5) is 12.8. The summed E-state index contributed by atoms with van der Waals surface area (Å²) in [6, 6.07) is -0.192. The highest BCUT2D eigenvalue weighted by Crippen LogP contribution is 2.60. The highest BCUT2D eigenvalue weighted by atomic mass is 32.2. The third kappa shape index (κ3) is 4.77. The van der Waals surface area contributed by atoms with Gasteiger partial charge in [-0.2, -0.15) is 25.1 Å². The molecule has 0 spiro atoms. The van der Waals surface area contributed by atoms with Gasteiger partial charge in [0.2, 0.25) is 0 Å². The standard InChI is InChI=1S/C20H29F3NO2S/c21-20(22,23)27-24-17-3-1-13(2-4-17)5-6-26-18(25)19-10-14-7-15(11-19)9-16(8-14)12-19/h13-17H,1-12H2/q-1. The molecule has 0 saturated heterocycles. The van der Waals surface area contributed by atoms with Gasteiger partial charge in [0.15, 0.2) is 0 Å². The zero-order valence-electron chi connectivity index (χ0n) is 15.7. The van der Waals surface area contributed by atoms with Crippen molar-refractivity contribution < 1.29 is 22.7 Å². The van der Waals surface area contributed by atoms with Crippen molar-refractivity contribution in [3.63, 3.8) is 0 Å². The Labute approximate surface area is 163 Å². The third-order valence-corrected chi connectivity index (χ3v) is 7.96. The molecule has 154 valence electrons. The number of carbonyl (C=O) groups excluding carboxylic acids is 1. The molecule has 0 N–H and O–H groups in total. The van der Waals surface area contributed by atoms with Crippen molar-refractivity contribution in [1.29, 1.82) is 0 Å². The quantitative estimate of drug-likeness (QED) is 0.389. The van der Waals surface area contributed by atoms with Gasteiger partial charge in [-0.05, 0) is 68.6 Å². The fourth-order valence-corrected chi connectivity index (χ4v) is 6.98. The van der Waals surface area contributed by atoms with E-state index in [0.29, 0.717) is 25.4 Å². The number of halogens is 3. The van der Waals surface area contributed by atoms with Gasteiger partial charge in [0.05, 0.1) is 12.0 Å². The molecule has 5 rings (SSSR count). The molecule has 0 unspecified atom stereocenters. The molecule has 0 aromatic heterocycles. The molecule has 27 heavy (non-hydrogen) atoms. The van der Waals surface area contributed by atoms with E-state index in [1.807, 2.05) is 0 Å². The SMILES string of the molecule is O=C(OCCC1CCC([N-]SC(F)(F)F)CC1)C12CC3CC(CC(C3)C1)C2. The minimum atomic E-state index is -4.28. The molecule has 0 amide bonds. The Morgan fingerprint density at radius 3 is 2.07 bits per heavy atom. The zero-order valence-corrected chi connectivity index (χ0v) is 16.5. The van der Waals surface area contributed by atoms with Crippen molar-refractivity contribution in [2.45, 2.75) is 82.2 Å². The average Bonchev–Trinajstić information content (AvgIpc) is 2.59. The Kier molecular flexibility index (Phi) is 5.72. The van der Waals surface area contributed by atoms with Crippen LogP contribution in [0.1, 0.15) is 70.6 Å². The van der Waals surface area contributed by atoms with Gasteiger partial charge in [0.25, 0.3) is 0 Å². The van der Waals surface area contributed by atoms with Crippen LogP contribution in [0.3, 0.4) is 0 Å². The fourth-order valence-electron chi connectivity index (χ4n) is 6.51. The molecular formula is C20H29F3NO2S-. The molecule has 0 aromatic carbocycles. The van der Waals surface area contributed by atoms with Crippen LogP contribution in [-0.2, 0) is 9.53 Å². The minimum absolute atomic E-state index is 0.0341. The first-order valence-electron chi connectivity index (χ1n) is 10.4. The van der Waals surface area contributed by atoms with E-state index in [0.717, 1.165) is 56.3 Å². The van der Waals surface area contributed by atoms with E-state index in [9.17, 15) is 18.0 Å². The van der Waals surface area contributed by atoms with E-state index in [2.05, 4.69) is 4.72 Å². The van der Waals surface area contributed by atoms with Crippen LogP contribution in [0.5, 0.6) is 0 Å². The van der Waals surface area contributed by atoms with Crippen molar-refractivity contribution in [2.75, 3.05) is 6.61 Å². The molecule has 0 radical (unpaired) electrons. The number of nitrogens with zero attached hydrogens (tertiary/aromatic N) is 1. The fraction of sp³-hybridized carbons (Fsp3) is 0.950. The van der Waals surface area contributed by atoms with Gasteiger partial charge < -0.3 is 9.46 Å². The highest BCUT2D eigenvalue weighted by Gasteiger charge is 2.55. The molecule has 0 heterocycles. The molecule has 4 bridgehead atoms. The number of hydrogen-bond acceptors (Lipinski definition) is 3. The number of esters is 1. The summed E-state index contributed by atoms with van der Waals surface area (Å²) in [6.45, 7) is 0.463. The molecule has 3 nitrogen and oxygen atoms in total. The minimum Gasteiger partial charge on any atom is -0.596 e. The van der Waals surface area contributed by atoms with Gasteiger partial charge in [0, 0.05) is 0 Å². The summed E-state index contributed by atoms with van der Waals surface area (Å²) >= 11 is -0.254. The monoisotopic (exact) mass is 404 g/mol. The second-order valence-corrected chi connectivity index (χ2v) is 10.3. The van der Waals surface area contributed by atoms with Crippen LogP contribution in [0.25, 0.3) is 4.72 Å². The van der Waals surface area contributed by atoms with Crippen LogP contribution in [0.4, 0.5) is 13.2 Å². The van der Waals surface area contributed by atoms with E-state index in [4.69, 9.17) is 4.74 Å². The maximum atomic E-state index is 12.8. The Morgan fingerprint density at radius 2 is 1.56 bits per heavy atom. The molecule has 5 fully saturated rings. The van der Waals surface area contributed by atoms with E-state index < -0.39 is 5.51 Å². The van der Waals surface area contributed by atoms with Crippen LogP contribution < -0.4 is 0 Å². The Morgan fingerprint density at radius 1 is 1.00 bits per heavy atom. The van der Waals surface area contributed by atoms with Gasteiger partial charge in [-0.1, -0.05) is 25.7 Å². The molecule has 0 atom stereocenters. The topological polar surface area (TPSA) is 40.4 Å². The van der Waals surface area contributed by atoms with Crippen molar-refractivity contribution >= 4 is 17.9 Å². The van der Waals surface area contributed by atoms with Crippen molar-refractivity contribution in [2.24, 2.45) is 29.1 Å². The van der Waals surface area contributed by atoms with Gasteiger partial charge in [0.1, 0.15) is 0 Å². The molecule has 7 heteroatoms. The molecule has 5 aliphatic rings. The van der Waals surface area contributed by atoms with Crippen LogP contribution in [-0.4, -0.2) is 24.1 Å². The summed E-state index contributed by atoms with van der Waals surface area (Å²) in [5.74, 6) is 2.68. The van der Waals surface area contributed by atoms with Crippen LogP contribution >= 0.6 is 11.9 Å². The molecule has 5 aliphatic carbocycles. The number of rotatable bonds is 6. The van der Waals surface area contributed by atoms with Crippen LogP contribution in [0.2, 0.25) is 0 Å². The van der Waals surface area contributed by atoms with Gasteiger partial charge in [-0.25, -0.2) is 0 Å². The predicted octanol–water partition coefficient (Wildman–Crippen LogP) is 6.24. The first-order valence-corrected chi connectivity index (χ1v) is 11.2. The number of alkyl halides is 3. The molecular weight excluding hydrogens is 375 g/mol. The number of hydrogen-bond donors (Lipinski definition) is 0. The Balaban J connectivity index is 1.16. The summed E-state index contributed by atoms with van der Waals surface area (Å²) in [5.41, 5.74) is -4.47. The van der Waals surface area contributed by atoms with Crippen LogP contribution in [0.15, 0.2) is 0 Å². The maximum Gasteiger partial charge on any atom is 0.423 e. The lowest BCUT2D eigenvalue weighted by Gasteiger charge is -2.55. The third-order valence-electron chi connectivity index (χ3n) is 7.35. The van der Waals surface area contributed by atoms with E-state index >= 15 is 0 Å². The number of ether oxygens (including phenoxy) is 1. The summed E-state index contributed by atoms with van der Waals surface area (Å²) in [7, 11) is 0. The van der Waals surface area contributed by atoms with Crippen molar-refractivity contribution in [3.05, 3.63) is 4.72 Å². The second-order valence-electron chi connectivity index (χ2n) is 9.44. The number of carbonyl (C=O) groups is 1. The smallest absolute Gasteiger partial charge is 0.423 e. The highest BCUT2D eigenvalue weighted by molar-refractivity contribution is 8.02. The molecule has 0 aliphatic heterocycles. The first kappa shape index (κ1) is 19.9. The first-order chi connectivity index (χ1) is 12.8. The van der Waals surface area contributed by atoms with E-state index in [-0.39, 0.29) is 29.4 Å². The Hall–Kier alpha value is -0.430. The normalized spacial score (nSPS) is 40.9. The molecule has 5 saturated carbocycles. The van der Waals surface area contributed by atoms with Gasteiger partial charge in [-0.15, -0.1) is 6.04 Å². The lowest BCUT2D eigenvalue weighted by Crippen LogP contribution is -2.50. The van der Waals surface area contributed by atoms with Gasteiger partial charge in [-0.3, -0.25) is 4.79 Å². The zero-order chi connectivity index (χ0) is 19.1. The second kappa shape index (κ2) is 7.77. The lowest BCUT2D eigenvalue weighted by molar-refractivity contribution is -0.172. The summed E-state index contributed by atoms with van der Waals surface area (Å²) < 4.78 is 46.1. The van der Waals surface area contributed by atoms with E-state index in [1.165, 1.54) is 19.3 Å². The van der Waals surface area contributed by atoms with Crippen LogP contribution in [0, 0.1) is 29.1 Å². The summed E-state index contributed by atoms with van der Waals surface area (Å²) in [5, 5.41) is 0. The average molecular weight is 405 g/mol. The Bertz CT molecular complexity index is 511. The van der Waals surface area contributed by atoms with Crippen molar-refractivity contribution in [1.82, 2.24) is 0 Å². The predicted molar refractivity (Wildman–Crippen MR) is 98.9 cm³/mol. The van der Waals surface area contributed by atoms with E-state index in [1.54, 1.807) is 0 Å². The molecule has 0 aromatic rings. The largest absolute Gasteiger partial charge is 0.596 e. The maximum absolute atomic E-state index is 12.8. The van der Waals surface area contributed by atoms with Gasteiger partial charge >= 0.3 is 11.5 Å². The van der Waals surface area contributed by atoms with Crippen molar-refractivity contribution in [3.8, 4) is 0 Å². The lowest BCUT2D eigenvalue weighted by atomic mass is 9.49. The summed E-state index contributed by atoms with van der Waals surface area (Å²) in [6.07, 6.45) is 11.0.